The Hall–Kier alpha value is -1.00. The van der Waals surface area contributed by atoms with Crippen LogP contribution in [0, 0.1) is 0 Å². The first kappa shape index (κ1) is 11.5. The molecule has 1 heterocycles. The second kappa shape index (κ2) is 4.89. The fraction of sp³-hybridized carbons (Fsp3) is 0.417. The molecule has 86 valence electrons. The van der Waals surface area contributed by atoms with E-state index in [0.717, 1.165) is 17.7 Å². The van der Waals surface area contributed by atoms with Crippen molar-refractivity contribution in [2.75, 3.05) is 17.2 Å². The molecule has 1 aromatic carbocycles. The van der Waals surface area contributed by atoms with Gasteiger partial charge in [-0.25, -0.2) is 0 Å². The van der Waals surface area contributed by atoms with Gasteiger partial charge in [0.1, 0.15) is 0 Å². The predicted molar refractivity (Wildman–Crippen MR) is 68.9 cm³/mol. The first-order valence-electron chi connectivity index (χ1n) is 5.49. The molecule has 1 amide bonds. The molecule has 1 aliphatic rings. The Bertz CT molecular complexity index is 406. The average Bonchev–Trinajstić information content (AvgIpc) is 2.32. The van der Waals surface area contributed by atoms with Gasteiger partial charge in [-0.1, -0.05) is 12.1 Å². The number of anilines is 1. The Balaban J connectivity index is 2.36. The molecule has 1 aliphatic heterocycles. The second-order valence-electron chi connectivity index (χ2n) is 3.94. The third kappa shape index (κ3) is 2.08. The van der Waals surface area contributed by atoms with E-state index in [9.17, 15) is 4.79 Å². The van der Waals surface area contributed by atoms with Gasteiger partial charge in [0.15, 0.2) is 0 Å². The number of aryl methyl sites for hydroxylation is 1. The van der Waals surface area contributed by atoms with E-state index in [4.69, 9.17) is 5.73 Å². The zero-order chi connectivity index (χ0) is 11.5. The van der Waals surface area contributed by atoms with Crippen molar-refractivity contribution in [3.63, 3.8) is 0 Å². The zero-order valence-corrected chi connectivity index (χ0v) is 10.0. The van der Waals surface area contributed by atoms with Crippen LogP contribution < -0.4 is 10.6 Å². The fourth-order valence-corrected chi connectivity index (χ4v) is 2.29. The van der Waals surface area contributed by atoms with Crippen LogP contribution in [-0.2, 0) is 17.8 Å². The maximum absolute atomic E-state index is 11.8. The molecular formula is C12H16N2OS. The Labute approximate surface area is 101 Å². The van der Waals surface area contributed by atoms with E-state index in [-0.39, 0.29) is 5.91 Å². The molecule has 16 heavy (non-hydrogen) atoms. The lowest BCUT2D eigenvalue weighted by Gasteiger charge is -2.29. The Morgan fingerprint density at radius 1 is 1.38 bits per heavy atom. The van der Waals surface area contributed by atoms with Gasteiger partial charge in [-0.3, -0.25) is 4.79 Å². The Morgan fingerprint density at radius 3 is 2.88 bits per heavy atom. The minimum absolute atomic E-state index is 0.196. The molecule has 0 aliphatic carbocycles. The van der Waals surface area contributed by atoms with Crippen molar-refractivity contribution in [3.05, 3.63) is 29.3 Å². The summed E-state index contributed by atoms with van der Waals surface area (Å²) in [5, 5.41) is 0. The standard InChI is InChI=1S/C12H16N2OS/c13-8-9-1-3-11-10(7-9)2-4-12(15)14(11)5-6-16/h1,3,7,16H,2,4-6,8,13H2. The molecule has 0 bridgehead atoms. The molecular weight excluding hydrogens is 220 g/mol. The highest BCUT2D eigenvalue weighted by molar-refractivity contribution is 7.80. The summed E-state index contributed by atoms with van der Waals surface area (Å²) in [6.07, 6.45) is 1.42. The molecule has 2 N–H and O–H groups in total. The molecule has 0 saturated carbocycles. The number of carbonyl (C=O) groups excluding carboxylic acids is 1. The zero-order valence-electron chi connectivity index (χ0n) is 9.15. The molecule has 4 heteroatoms. The van der Waals surface area contributed by atoms with E-state index in [1.807, 2.05) is 17.0 Å². The summed E-state index contributed by atoms with van der Waals surface area (Å²) in [4.78, 5) is 13.6. The van der Waals surface area contributed by atoms with Crippen molar-refractivity contribution in [1.29, 1.82) is 0 Å². The van der Waals surface area contributed by atoms with Crippen molar-refractivity contribution in [2.45, 2.75) is 19.4 Å². The molecule has 1 aromatic rings. The quantitative estimate of drug-likeness (QED) is 0.778. The van der Waals surface area contributed by atoms with Crippen LogP contribution in [0.15, 0.2) is 18.2 Å². The first-order valence-corrected chi connectivity index (χ1v) is 6.12. The number of carbonyl (C=O) groups is 1. The van der Waals surface area contributed by atoms with Crippen LogP contribution in [0.4, 0.5) is 5.69 Å². The summed E-state index contributed by atoms with van der Waals surface area (Å²) in [7, 11) is 0. The number of rotatable bonds is 3. The number of nitrogens with two attached hydrogens (primary N) is 1. The number of nitrogens with zero attached hydrogens (tertiary/aromatic N) is 1. The van der Waals surface area contributed by atoms with Gasteiger partial charge in [-0.15, -0.1) is 0 Å². The van der Waals surface area contributed by atoms with Crippen molar-refractivity contribution in [3.8, 4) is 0 Å². The lowest BCUT2D eigenvalue weighted by atomic mass is 9.99. The minimum atomic E-state index is 0.196. The highest BCUT2D eigenvalue weighted by Gasteiger charge is 2.23. The number of fused-ring (bicyclic) bond motifs is 1. The maximum Gasteiger partial charge on any atom is 0.227 e. The second-order valence-corrected chi connectivity index (χ2v) is 4.38. The largest absolute Gasteiger partial charge is 0.326 e. The molecule has 0 fully saturated rings. The summed E-state index contributed by atoms with van der Waals surface area (Å²) in [5.74, 6) is 0.881. The van der Waals surface area contributed by atoms with E-state index in [1.165, 1.54) is 5.56 Å². The Morgan fingerprint density at radius 2 is 2.19 bits per heavy atom. The summed E-state index contributed by atoms with van der Waals surface area (Å²) in [6, 6.07) is 6.09. The van der Waals surface area contributed by atoms with Crippen LogP contribution in [0.5, 0.6) is 0 Å². The van der Waals surface area contributed by atoms with Crippen molar-refractivity contribution < 1.29 is 4.79 Å². The van der Waals surface area contributed by atoms with E-state index in [2.05, 4.69) is 18.7 Å². The van der Waals surface area contributed by atoms with Gasteiger partial charge in [-0.05, 0) is 23.6 Å². The van der Waals surface area contributed by atoms with Gasteiger partial charge in [-0.2, -0.15) is 12.6 Å². The van der Waals surface area contributed by atoms with Gasteiger partial charge < -0.3 is 10.6 Å². The Kier molecular flexibility index (Phi) is 3.51. The van der Waals surface area contributed by atoms with Crippen molar-refractivity contribution in [1.82, 2.24) is 0 Å². The maximum atomic E-state index is 11.8. The SMILES string of the molecule is NCc1ccc2c(c1)CCC(=O)N2CCS. The van der Waals surface area contributed by atoms with Gasteiger partial charge in [0.05, 0.1) is 0 Å². The van der Waals surface area contributed by atoms with E-state index in [1.54, 1.807) is 0 Å². The number of hydrogen-bond donors (Lipinski definition) is 2. The number of benzene rings is 1. The van der Waals surface area contributed by atoms with E-state index < -0.39 is 0 Å². The lowest BCUT2D eigenvalue weighted by molar-refractivity contribution is -0.118. The number of thiol groups is 1. The minimum Gasteiger partial charge on any atom is -0.326 e. The normalized spacial score (nSPS) is 15.1. The third-order valence-electron chi connectivity index (χ3n) is 2.90. The topological polar surface area (TPSA) is 46.3 Å². The number of amides is 1. The fourth-order valence-electron chi connectivity index (χ4n) is 2.09. The summed E-state index contributed by atoms with van der Waals surface area (Å²) in [6.45, 7) is 1.23. The van der Waals surface area contributed by atoms with Gasteiger partial charge in [0.25, 0.3) is 0 Å². The van der Waals surface area contributed by atoms with E-state index >= 15 is 0 Å². The highest BCUT2D eigenvalue weighted by Crippen LogP contribution is 2.28. The van der Waals surface area contributed by atoms with Crippen LogP contribution in [0.2, 0.25) is 0 Å². The van der Waals surface area contributed by atoms with Gasteiger partial charge in [0, 0.05) is 31.0 Å². The molecule has 2 rings (SSSR count). The third-order valence-corrected chi connectivity index (χ3v) is 3.10. The van der Waals surface area contributed by atoms with Crippen molar-refractivity contribution in [2.24, 2.45) is 5.73 Å². The summed E-state index contributed by atoms with van der Waals surface area (Å²) < 4.78 is 0. The monoisotopic (exact) mass is 236 g/mol. The smallest absolute Gasteiger partial charge is 0.227 e. The van der Waals surface area contributed by atoms with Gasteiger partial charge in [0.2, 0.25) is 5.91 Å². The van der Waals surface area contributed by atoms with Crippen LogP contribution in [0.3, 0.4) is 0 Å². The van der Waals surface area contributed by atoms with E-state index in [0.29, 0.717) is 25.3 Å². The molecule has 0 saturated heterocycles. The average molecular weight is 236 g/mol. The summed E-state index contributed by atoms with van der Waals surface area (Å²) in [5.41, 5.74) is 8.99. The number of hydrogen-bond acceptors (Lipinski definition) is 3. The first-order chi connectivity index (χ1) is 7.76. The van der Waals surface area contributed by atoms with Crippen LogP contribution >= 0.6 is 12.6 Å². The van der Waals surface area contributed by atoms with Crippen LogP contribution in [0.1, 0.15) is 17.5 Å². The summed E-state index contributed by atoms with van der Waals surface area (Å²) >= 11 is 4.19. The van der Waals surface area contributed by atoms with Gasteiger partial charge >= 0.3 is 0 Å². The predicted octanol–water partition coefficient (Wildman–Crippen LogP) is 1.35. The highest BCUT2D eigenvalue weighted by atomic mass is 32.1. The van der Waals surface area contributed by atoms with Crippen LogP contribution in [0.25, 0.3) is 0 Å². The lowest BCUT2D eigenvalue weighted by Crippen LogP contribution is -2.36. The molecule has 0 radical (unpaired) electrons. The van der Waals surface area contributed by atoms with Crippen LogP contribution in [-0.4, -0.2) is 18.2 Å². The molecule has 0 spiro atoms. The molecule has 0 atom stereocenters. The van der Waals surface area contributed by atoms with Crippen molar-refractivity contribution >= 4 is 24.2 Å². The molecule has 0 unspecified atom stereocenters. The molecule has 0 aromatic heterocycles. The molecule has 3 nitrogen and oxygen atoms in total.